The molecule has 0 aliphatic carbocycles. The van der Waals surface area contributed by atoms with Crippen molar-refractivity contribution >= 4 is 82.5 Å². The van der Waals surface area contributed by atoms with Crippen LogP contribution >= 0.6 is 0 Å². The van der Waals surface area contributed by atoms with Crippen LogP contribution in [0.2, 0.25) is 0 Å². The second-order valence-electron chi connectivity index (χ2n) is 13.7. The fourth-order valence-corrected chi connectivity index (χ4v) is 8.16. The third-order valence-electron chi connectivity index (χ3n) is 10.6. The first-order valence-electron chi connectivity index (χ1n) is 18.0. The summed E-state index contributed by atoms with van der Waals surface area (Å²) in [5.41, 5.74) is 11.5. The normalized spacial score (nSPS) is 11.8. The number of benzene rings is 9. The van der Waals surface area contributed by atoms with Crippen molar-refractivity contribution in [2.75, 3.05) is 4.90 Å². The average molecular weight is 678 g/mol. The molecule has 0 saturated heterocycles. The third-order valence-corrected chi connectivity index (χ3v) is 10.6. The van der Waals surface area contributed by atoms with Crippen molar-refractivity contribution in [2.45, 2.75) is 0 Å². The second-order valence-corrected chi connectivity index (χ2v) is 13.7. The quantitative estimate of drug-likeness (QED) is 0.182. The van der Waals surface area contributed by atoms with E-state index < -0.39 is 0 Å². The second kappa shape index (κ2) is 11.7. The zero-order chi connectivity index (χ0) is 34.9. The van der Waals surface area contributed by atoms with Crippen LogP contribution < -0.4 is 4.90 Å². The molecule has 3 nitrogen and oxygen atoms in total. The van der Waals surface area contributed by atoms with E-state index in [0.29, 0.717) is 0 Å². The summed E-state index contributed by atoms with van der Waals surface area (Å²) >= 11 is 0. The lowest BCUT2D eigenvalue weighted by Gasteiger charge is -2.26. The molecule has 248 valence electrons. The molecule has 0 fully saturated rings. The van der Waals surface area contributed by atoms with Gasteiger partial charge < -0.3 is 13.7 Å². The molecule has 0 saturated carbocycles. The topological polar surface area (TPSA) is 29.5 Å². The molecule has 2 heterocycles. The molecule has 2 aromatic heterocycles. The predicted octanol–water partition coefficient (Wildman–Crippen LogP) is 14.6. The summed E-state index contributed by atoms with van der Waals surface area (Å²) in [5.74, 6) is 0. The number of para-hydroxylation sites is 1. The van der Waals surface area contributed by atoms with E-state index in [2.05, 4.69) is 181 Å². The summed E-state index contributed by atoms with van der Waals surface area (Å²) < 4.78 is 12.8. The summed E-state index contributed by atoms with van der Waals surface area (Å²) in [4.78, 5) is 2.34. The highest BCUT2D eigenvalue weighted by Crippen LogP contribution is 2.43. The number of hydrogen-bond acceptors (Lipinski definition) is 3. The van der Waals surface area contributed by atoms with Crippen molar-refractivity contribution in [2.24, 2.45) is 0 Å². The van der Waals surface area contributed by atoms with Crippen LogP contribution in [0.5, 0.6) is 0 Å². The Morgan fingerprint density at radius 1 is 0.321 bits per heavy atom. The van der Waals surface area contributed by atoms with Gasteiger partial charge in [0.1, 0.15) is 22.3 Å². The van der Waals surface area contributed by atoms with E-state index in [1.807, 2.05) is 12.1 Å². The first-order valence-corrected chi connectivity index (χ1v) is 18.0. The molecule has 0 aliphatic heterocycles. The number of hydrogen-bond donors (Lipinski definition) is 0. The number of fused-ring (bicyclic) bond motifs is 9. The number of rotatable bonds is 5. The zero-order valence-corrected chi connectivity index (χ0v) is 28.7. The molecule has 11 aromatic rings. The Labute approximate surface area is 305 Å². The predicted molar refractivity (Wildman–Crippen MR) is 222 cm³/mol. The van der Waals surface area contributed by atoms with Gasteiger partial charge in [-0.3, -0.25) is 0 Å². The maximum atomic E-state index is 6.52. The Hall–Kier alpha value is -7.10. The van der Waals surface area contributed by atoms with Crippen molar-refractivity contribution < 1.29 is 8.83 Å². The van der Waals surface area contributed by atoms with Crippen LogP contribution in [0.15, 0.2) is 197 Å². The molecule has 11 rings (SSSR count). The molecule has 0 unspecified atom stereocenters. The van der Waals surface area contributed by atoms with Gasteiger partial charge in [-0.2, -0.15) is 0 Å². The van der Waals surface area contributed by atoms with E-state index >= 15 is 0 Å². The van der Waals surface area contributed by atoms with Crippen LogP contribution in [0.25, 0.3) is 87.7 Å². The molecule has 0 spiro atoms. The molecule has 0 radical (unpaired) electrons. The van der Waals surface area contributed by atoms with E-state index in [4.69, 9.17) is 8.83 Å². The Balaban J connectivity index is 1.09. The van der Waals surface area contributed by atoms with Gasteiger partial charge in [0.15, 0.2) is 0 Å². The largest absolute Gasteiger partial charge is 0.456 e. The summed E-state index contributed by atoms with van der Waals surface area (Å²) in [6.45, 7) is 0. The van der Waals surface area contributed by atoms with Gasteiger partial charge in [-0.25, -0.2) is 0 Å². The standard InChI is InChI=1S/C50H31NO2/c1-2-10-32(11-3-1)39-17-8-13-35-14-9-18-40(49(35)39)34-20-23-36(24-21-34)51(37-25-28-47-44(30-37)42-16-6-7-19-46(42)52-47)38-26-29-48-45(31-38)43-27-22-33-12-4-5-15-41(33)50(43)53-48/h1-31H. The van der Waals surface area contributed by atoms with E-state index in [1.54, 1.807) is 0 Å². The molecule has 9 aromatic carbocycles. The van der Waals surface area contributed by atoms with Crippen molar-refractivity contribution in [3.8, 4) is 22.3 Å². The maximum Gasteiger partial charge on any atom is 0.143 e. The molecule has 0 N–H and O–H groups in total. The smallest absolute Gasteiger partial charge is 0.143 e. The Morgan fingerprint density at radius 3 is 1.64 bits per heavy atom. The Morgan fingerprint density at radius 2 is 0.887 bits per heavy atom. The number of nitrogens with zero attached hydrogens (tertiary/aromatic N) is 1. The van der Waals surface area contributed by atoms with E-state index in [9.17, 15) is 0 Å². The van der Waals surface area contributed by atoms with Gasteiger partial charge in [0.2, 0.25) is 0 Å². The van der Waals surface area contributed by atoms with E-state index in [0.717, 1.165) is 66.3 Å². The highest BCUT2D eigenvalue weighted by Gasteiger charge is 2.19. The fourth-order valence-electron chi connectivity index (χ4n) is 8.16. The van der Waals surface area contributed by atoms with Crippen molar-refractivity contribution in [1.29, 1.82) is 0 Å². The first kappa shape index (κ1) is 29.6. The Bertz CT molecular complexity index is 3160. The molecule has 53 heavy (non-hydrogen) atoms. The average Bonchev–Trinajstić information content (AvgIpc) is 3.79. The van der Waals surface area contributed by atoms with Crippen molar-refractivity contribution in [3.63, 3.8) is 0 Å². The van der Waals surface area contributed by atoms with Gasteiger partial charge in [-0.1, -0.05) is 127 Å². The van der Waals surface area contributed by atoms with Crippen LogP contribution in [-0.4, -0.2) is 0 Å². The summed E-state index contributed by atoms with van der Waals surface area (Å²) in [5, 5.41) is 9.16. The van der Waals surface area contributed by atoms with E-state index in [-0.39, 0.29) is 0 Å². The molecular formula is C50H31NO2. The van der Waals surface area contributed by atoms with Crippen LogP contribution in [0.3, 0.4) is 0 Å². The summed E-state index contributed by atoms with van der Waals surface area (Å²) in [7, 11) is 0. The highest BCUT2D eigenvalue weighted by atomic mass is 16.3. The van der Waals surface area contributed by atoms with Crippen LogP contribution in [-0.2, 0) is 0 Å². The van der Waals surface area contributed by atoms with Gasteiger partial charge in [0, 0.05) is 44.0 Å². The van der Waals surface area contributed by atoms with Crippen LogP contribution in [0, 0.1) is 0 Å². The number of anilines is 3. The van der Waals surface area contributed by atoms with Crippen LogP contribution in [0.1, 0.15) is 0 Å². The highest BCUT2D eigenvalue weighted by molar-refractivity contribution is 6.16. The van der Waals surface area contributed by atoms with Crippen molar-refractivity contribution in [3.05, 3.63) is 188 Å². The van der Waals surface area contributed by atoms with Crippen LogP contribution in [0.4, 0.5) is 17.1 Å². The molecule has 0 aliphatic rings. The van der Waals surface area contributed by atoms with Gasteiger partial charge in [0.05, 0.1) is 0 Å². The van der Waals surface area contributed by atoms with Gasteiger partial charge in [-0.05, 0) is 99.1 Å². The minimum atomic E-state index is 0.872. The first-order chi connectivity index (χ1) is 26.3. The minimum absolute atomic E-state index is 0.872. The lowest BCUT2D eigenvalue weighted by Crippen LogP contribution is -2.09. The lowest BCUT2D eigenvalue weighted by atomic mass is 9.91. The molecule has 0 amide bonds. The van der Waals surface area contributed by atoms with Gasteiger partial charge >= 0.3 is 0 Å². The fraction of sp³-hybridized carbons (Fsp3) is 0. The zero-order valence-electron chi connectivity index (χ0n) is 28.7. The Kier molecular flexibility index (Phi) is 6.55. The lowest BCUT2D eigenvalue weighted by molar-refractivity contribution is 0.669. The molecule has 0 atom stereocenters. The maximum absolute atomic E-state index is 6.52. The number of furan rings is 2. The SMILES string of the molecule is c1ccc(-c2cccc3cccc(-c4ccc(N(c5ccc6oc7ccccc7c6c5)c5ccc6oc7c8ccccc8ccc7c6c5)cc4)c23)cc1. The van der Waals surface area contributed by atoms with Crippen molar-refractivity contribution in [1.82, 2.24) is 0 Å². The molecule has 0 bridgehead atoms. The van der Waals surface area contributed by atoms with E-state index in [1.165, 1.54) is 38.4 Å². The molecule has 3 heteroatoms. The monoisotopic (exact) mass is 677 g/mol. The third kappa shape index (κ3) is 4.75. The minimum Gasteiger partial charge on any atom is -0.456 e. The van der Waals surface area contributed by atoms with Gasteiger partial charge in [0.25, 0.3) is 0 Å². The molecular weight excluding hydrogens is 647 g/mol. The summed E-state index contributed by atoms with van der Waals surface area (Å²) in [6, 6.07) is 66.9. The van der Waals surface area contributed by atoms with Gasteiger partial charge in [-0.15, -0.1) is 0 Å². The summed E-state index contributed by atoms with van der Waals surface area (Å²) in [6.07, 6.45) is 0.